The molecule has 2 aliphatic rings. The van der Waals surface area contributed by atoms with E-state index in [0.717, 1.165) is 86.3 Å². The molecule has 2 fully saturated rings. The Morgan fingerprint density at radius 1 is 0.708 bits per heavy atom. The van der Waals surface area contributed by atoms with E-state index in [-0.39, 0.29) is 22.8 Å². The number of carbonyl (C=O) groups is 2. The lowest BCUT2D eigenvalue weighted by Gasteiger charge is -2.34. The molecule has 0 spiro atoms. The second-order valence-electron chi connectivity index (χ2n) is 16.9. The topological polar surface area (TPSA) is 212 Å². The van der Waals surface area contributed by atoms with E-state index in [4.69, 9.17) is 24.5 Å². The summed E-state index contributed by atoms with van der Waals surface area (Å²) in [5, 5.41) is 6.81. The highest BCUT2D eigenvalue weighted by atomic mass is 32.2. The SMILES string of the molecule is C.CCCCS(=O)(=O)N=[N+]=[N-].CCCCS(=O)(=O)[N+](C)(C)[C@@H](Cc1ccc(OCCCCC2CCNCC2)cc1)OC=O.O=COCCc1ccc(OCCCCC2CCNCC2)cc1. The molecule has 370 valence electrons. The number of piperidine rings is 2. The van der Waals surface area contributed by atoms with Crippen molar-refractivity contribution in [3.63, 3.8) is 0 Å². The van der Waals surface area contributed by atoms with Gasteiger partial charge in [-0.3, -0.25) is 9.59 Å². The van der Waals surface area contributed by atoms with E-state index < -0.39 is 26.3 Å². The molecule has 4 rings (SSSR count). The molecule has 2 N–H and O–H groups in total. The molecule has 2 heterocycles. The minimum atomic E-state index is -3.49. The van der Waals surface area contributed by atoms with Gasteiger partial charge in [-0.05, 0) is 143 Å². The summed E-state index contributed by atoms with van der Waals surface area (Å²) in [5.74, 6) is 3.50. The van der Waals surface area contributed by atoms with Gasteiger partial charge in [0.2, 0.25) is 10.0 Å². The average molecular weight is 954 g/mol. The lowest BCUT2D eigenvalue weighted by molar-refractivity contribution is -0.816. The first-order valence-corrected chi connectivity index (χ1v) is 26.4. The van der Waals surface area contributed by atoms with Gasteiger partial charge in [0.1, 0.15) is 17.3 Å². The number of hydrogen-bond donors (Lipinski definition) is 2. The number of ether oxygens (including phenoxy) is 4. The summed E-state index contributed by atoms with van der Waals surface area (Å²) >= 11 is 0. The number of rotatable bonds is 29. The molecule has 0 unspecified atom stereocenters. The summed E-state index contributed by atoms with van der Waals surface area (Å²) in [6.45, 7) is 11.2. The Kier molecular flexibility index (Phi) is 31.3. The predicted octanol–water partition coefficient (Wildman–Crippen LogP) is 8.50. The summed E-state index contributed by atoms with van der Waals surface area (Å²) in [6.07, 6.45) is 15.4. The van der Waals surface area contributed by atoms with Crippen molar-refractivity contribution in [2.24, 2.45) is 16.4 Å². The van der Waals surface area contributed by atoms with Crippen molar-refractivity contribution >= 4 is 33.0 Å². The third-order valence-electron chi connectivity index (χ3n) is 11.6. The highest BCUT2D eigenvalue weighted by Gasteiger charge is 2.41. The fraction of sp³-hybridized carbons (Fsp3) is 0.702. The van der Waals surface area contributed by atoms with Crippen LogP contribution in [0.25, 0.3) is 10.4 Å². The molecule has 65 heavy (non-hydrogen) atoms. The second-order valence-corrected chi connectivity index (χ2v) is 21.1. The third-order valence-corrected chi connectivity index (χ3v) is 15.2. The number of sulfonamides is 2. The van der Waals surface area contributed by atoms with Gasteiger partial charge < -0.3 is 29.6 Å². The first kappa shape index (κ1) is 59.1. The van der Waals surface area contributed by atoms with Gasteiger partial charge in [-0.2, -0.15) is 12.3 Å². The fourth-order valence-electron chi connectivity index (χ4n) is 7.33. The second kappa shape index (κ2) is 34.4. The number of nitrogens with one attached hydrogen (secondary N) is 2. The summed E-state index contributed by atoms with van der Waals surface area (Å²) < 4.78 is 70.6. The first-order chi connectivity index (χ1) is 30.8. The van der Waals surface area contributed by atoms with Crippen LogP contribution in [0.1, 0.15) is 122 Å². The van der Waals surface area contributed by atoms with Gasteiger partial charge in [-0.15, -0.1) is 0 Å². The molecule has 2 saturated heterocycles. The van der Waals surface area contributed by atoms with E-state index in [1.54, 1.807) is 14.1 Å². The van der Waals surface area contributed by atoms with Crippen LogP contribution in [0.15, 0.2) is 53.1 Å². The van der Waals surface area contributed by atoms with E-state index in [2.05, 4.69) is 20.1 Å². The molecule has 2 aliphatic heterocycles. The predicted molar refractivity (Wildman–Crippen MR) is 258 cm³/mol. The Bertz CT molecular complexity index is 1820. The third kappa shape index (κ3) is 25.5. The Morgan fingerprint density at radius 3 is 1.63 bits per heavy atom. The van der Waals surface area contributed by atoms with Gasteiger partial charge >= 0.3 is 0 Å². The van der Waals surface area contributed by atoms with Crippen molar-refractivity contribution in [3.8, 4) is 11.5 Å². The monoisotopic (exact) mass is 954 g/mol. The van der Waals surface area contributed by atoms with Crippen molar-refractivity contribution in [3.05, 3.63) is 70.1 Å². The van der Waals surface area contributed by atoms with E-state index in [1.807, 2.05) is 62.4 Å². The zero-order valence-electron chi connectivity index (χ0n) is 38.9. The maximum Gasteiger partial charge on any atom is 0.299 e. The van der Waals surface area contributed by atoms with E-state index in [0.29, 0.717) is 45.4 Å². The molecule has 0 aromatic heterocycles. The number of carbonyl (C=O) groups excluding carboxylic acids is 2. The van der Waals surface area contributed by atoms with E-state index in [1.165, 1.54) is 64.5 Å². The van der Waals surface area contributed by atoms with Crippen molar-refractivity contribution in [2.45, 2.75) is 130 Å². The number of likely N-dealkylation sites (N-methyl/N-ethyl adjacent to an activating group) is 1. The minimum absolute atomic E-state index is 0. The highest BCUT2D eigenvalue weighted by Crippen LogP contribution is 2.24. The highest BCUT2D eigenvalue weighted by molar-refractivity contribution is 7.90. The zero-order valence-corrected chi connectivity index (χ0v) is 40.5. The van der Waals surface area contributed by atoms with Crippen LogP contribution in [0.2, 0.25) is 0 Å². The molecular formula is C47H81N6O10S2+. The summed E-state index contributed by atoms with van der Waals surface area (Å²) in [6, 6.07) is 15.6. The van der Waals surface area contributed by atoms with Gasteiger partial charge in [-0.1, -0.05) is 71.2 Å². The standard InChI is InChI=1S/C24H41N2O5S.C18H27NO3.C4H9N3O2S.CH4/c1-4-5-18-32(28,29)26(2,3)24(31-20-27)19-22-9-11-23(12-10-22)30-17-7-6-8-21-13-15-25-16-14-21;20-15-21-14-10-17-4-6-18(7-5-17)22-13-2-1-3-16-8-11-19-12-9-16;1-2-3-4-10(8,9)7-6-5;/h9-12,20-21,24-25H,4-8,13-19H2,1-3H3;4-7,15-16,19H,1-3,8-14H2;2-4H2,1H3;1H4/q+1;;;/t24-;;;/m1.../s1. The molecule has 0 bridgehead atoms. The first-order valence-electron chi connectivity index (χ1n) is 23.2. The number of azide groups is 1. The summed E-state index contributed by atoms with van der Waals surface area (Å²) in [7, 11) is -3.79. The molecule has 2 aromatic rings. The molecular weight excluding hydrogens is 873 g/mol. The van der Waals surface area contributed by atoms with Crippen LogP contribution in [-0.4, -0.2) is 111 Å². The van der Waals surface area contributed by atoms with Crippen LogP contribution in [0.4, 0.5) is 0 Å². The average Bonchev–Trinajstić information content (AvgIpc) is 3.29. The number of benzene rings is 2. The van der Waals surface area contributed by atoms with E-state index in [9.17, 15) is 26.4 Å². The van der Waals surface area contributed by atoms with Crippen LogP contribution < -0.4 is 20.1 Å². The van der Waals surface area contributed by atoms with Gasteiger partial charge in [0, 0.05) is 15.9 Å². The smallest absolute Gasteiger partial charge is 0.299 e. The van der Waals surface area contributed by atoms with Crippen LogP contribution in [-0.2, 0) is 52.0 Å². The number of quaternary nitrogens is 1. The van der Waals surface area contributed by atoms with E-state index >= 15 is 0 Å². The molecule has 16 nitrogen and oxygen atoms in total. The molecule has 18 heteroatoms. The van der Waals surface area contributed by atoms with Crippen molar-refractivity contribution in [2.75, 3.05) is 71.6 Å². The van der Waals surface area contributed by atoms with Crippen LogP contribution in [0.3, 0.4) is 0 Å². The Hall–Kier alpha value is -3.93. The Balaban J connectivity index is 0.000000552. The minimum Gasteiger partial charge on any atom is -0.494 e. The quantitative estimate of drug-likeness (QED) is 0.0149. The maximum absolute atomic E-state index is 12.8. The Labute approximate surface area is 391 Å². The lowest BCUT2D eigenvalue weighted by Crippen LogP contribution is -2.56. The van der Waals surface area contributed by atoms with Crippen molar-refractivity contribution in [1.29, 1.82) is 0 Å². The molecule has 2 aromatic carbocycles. The van der Waals surface area contributed by atoms with Crippen LogP contribution in [0, 0.1) is 11.8 Å². The summed E-state index contributed by atoms with van der Waals surface area (Å²) in [5.41, 5.74) is 9.83. The summed E-state index contributed by atoms with van der Waals surface area (Å²) in [4.78, 5) is 23.3. The maximum atomic E-state index is 12.8. The Morgan fingerprint density at radius 2 is 1.18 bits per heavy atom. The number of nitrogens with zero attached hydrogens (tertiary/aromatic N) is 4. The number of unbranched alkanes of at least 4 members (excludes halogenated alkanes) is 4. The fourth-order valence-corrected chi connectivity index (χ4v) is 9.79. The van der Waals surface area contributed by atoms with Crippen LogP contribution in [0.5, 0.6) is 11.5 Å². The normalized spacial score (nSPS) is 15.0. The van der Waals surface area contributed by atoms with Gasteiger partial charge in [0.25, 0.3) is 29.2 Å². The van der Waals surface area contributed by atoms with Crippen molar-refractivity contribution < 1.29 is 49.3 Å². The molecule has 0 saturated carbocycles. The number of hydrogen-bond acceptors (Lipinski definition) is 12. The van der Waals surface area contributed by atoms with Crippen molar-refractivity contribution in [1.82, 2.24) is 10.6 Å². The molecule has 1 atom stereocenters. The molecule has 0 radical (unpaired) electrons. The lowest BCUT2D eigenvalue weighted by atomic mass is 9.93. The van der Waals surface area contributed by atoms with Gasteiger partial charge in [0.15, 0.2) is 0 Å². The van der Waals surface area contributed by atoms with Gasteiger partial charge in [0.05, 0.1) is 46.1 Å². The molecule has 0 amide bonds. The molecule has 0 aliphatic carbocycles. The van der Waals surface area contributed by atoms with Gasteiger partial charge in [-0.25, -0.2) is 8.42 Å². The largest absolute Gasteiger partial charge is 0.494 e. The van der Waals surface area contributed by atoms with Crippen LogP contribution >= 0.6 is 0 Å². The zero-order chi connectivity index (χ0) is 46.9.